The van der Waals surface area contributed by atoms with Crippen molar-refractivity contribution in [2.24, 2.45) is 0 Å². The van der Waals surface area contributed by atoms with Gasteiger partial charge in [-0.1, -0.05) is 12.1 Å². The summed E-state index contributed by atoms with van der Waals surface area (Å²) < 4.78 is 16.0. The van der Waals surface area contributed by atoms with Crippen molar-refractivity contribution in [3.63, 3.8) is 0 Å². The average molecular weight is 423 g/mol. The highest BCUT2D eigenvalue weighted by molar-refractivity contribution is 7.17. The molecule has 0 aliphatic heterocycles. The minimum absolute atomic E-state index is 0.139. The minimum Gasteiger partial charge on any atom is -0.496 e. The highest BCUT2D eigenvalue weighted by Gasteiger charge is 2.15. The van der Waals surface area contributed by atoms with Crippen molar-refractivity contribution in [2.45, 2.75) is 13.3 Å². The van der Waals surface area contributed by atoms with Crippen LogP contribution in [0.2, 0.25) is 0 Å². The number of ether oxygens (including phenoxy) is 3. The van der Waals surface area contributed by atoms with Crippen LogP contribution in [0, 0.1) is 6.92 Å². The molecule has 0 spiro atoms. The number of benzene rings is 2. The van der Waals surface area contributed by atoms with E-state index < -0.39 is 0 Å². The average Bonchev–Trinajstić information content (AvgIpc) is 3.18. The van der Waals surface area contributed by atoms with Crippen molar-refractivity contribution >= 4 is 21.6 Å². The lowest BCUT2D eigenvalue weighted by Crippen LogP contribution is -2.11. The third-order valence-electron chi connectivity index (χ3n) is 5.02. The van der Waals surface area contributed by atoms with Crippen LogP contribution in [0.1, 0.15) is 17.0 Å². The molecule has 30 heavy (non-hydrogen) atoms. The van der Waals surface area contributed by atoms with Crippen molar-refractivity contribution in [1.29, 1.82) is 0 Å². The van der Waals surface area contributed by atoms with Crippen LogP contribution in [0.3, 0.4) is 0 Å². The van der Waals surface area contributed by atoms with Crippen molar-refractivity contribution in [1.82, 2.24) is 9.97 Å². The number of nitrogens with one attached hydrogen (secondary N) is 1. The molecule has 0 unspecified atom stereocenters. The zero-order valence-corrected chi connectivity index (χ0v) is 18.1. The van der Waals surface area contributed by atoms with Gasteiger partial charge in [0.15, 0.2) is 11.5 Å². The summed E-state index contributed by atoms with van der Waals surface area (Å²) >= 11 is 1.47. The molecular formula is C23H22N2O4S. The van der Waals surface area contributed by atoms with E-state index in [0.717, 1.165) is 32.8 Å². The fourth-order valence-corrected chi connectivity index (χ4v) is 4.49. The molecular weight excluding hydrogens is 400 g/mol. The largest absolute Gasteiger partial charge is 0.496 e. The van der Waals surface area contributed by atoms with Gasteiger partial charge in [0.2, 0.25) is 0 Å². The second kappa shape index (κ2) is 8.20. The minimum atomic E-state index is -0.139. The molecule has 0 aliphatic rings. The smallest absolute Gasteiger partial charge is 0.260 e. The Kier molecular flexibility index (Phi) is 5.46. The van der Waals surface area contributed by atoms with Crippen LogP contribution in [0.25, 0.3) is 21.3 Å². The molecule has 4 aromatic rings. The van der Waals surface area contributed by atoms with Crippen LogP contribution >= 0.6 is 11.3 Å². The Balaban J connectivity index is 1.71. The van der Waals surface area contributed by atoms with E-state index in [0.29, 0.717) is 29.1 Å². The van der Waals surface area contributed by atoms with E-state index in [1.54, 1.807) is 21.3 Å². The Morgan fingerprint density at radius 2 is 1.70 bits per heavy atom. The normalized spacial score (nSPS) is 10.9. The molecule has 154 valence electrons. The van der Waals surface area contributed by atoms with Crippen molar-refractivity contribution in [3.05, 3.63) is 69.1 Å². The maximum atomic E-state index is 12.9. The molecule has 2 aromatic heterocycles. The maximum Gasteiger partial charge on any atom is 0.260 e. The third-order valence-corrected chi connectivity index (χ3v) is 5.89. The van der Waals surface area contributed by atoms with Gasteiger partial charge >= 0.3 is 0 Å². The quantitative estimate of drug-likeness (QED) is 0.492. The summed E-state index contributed by atoms with van der Waals surface area (Å²) in [5, 5.41) is 2.59. The number of aromatic amines is 1. The fourth-order valence-electron chi connectivity index (χ4n) is 3.52. The molecule has 2 aromatic carbocycles. The zero-order valence-electron chi connectivity index (χ0n) is 17.2. The van der Waals surface area contributed by atoms with Crippen molar-refractivity contribution in [3.8, 4) is 28.4 Å². The van der Waals surface area contributed by atoms with Gasteiger partial charge in [0.25, 0.3) is 5.56 Å². The van der Waals surface area contributed by atoms with Gasteiger partial charge < -0.3 is 19.2 Å². The van der Waals surface area contributed by atoms with Crippen LogP contribution in [0.15, 0.2) is 46.6 Å². The zero-order chi connectivity index (χ0) is 21.3. The van der Waals surface area contributed by atoms with E-state index >= 15 is 0 Å². The van der Waals surface area contributed by atoms with E-state index in [2.05, 4.69) is 4.98 Å². The van der Waals surface area contributed by atoms with Crippen molar-refractivity contribution < 1.29 is 14.2 Å². The number of thiophene rings is 1. The number of rotatable bonds is 6. The molecule has 0 fully saturated rings. The summed E-state index contributed by atoms with van der Waals surface area (Å²) in [6.45, 7) is 1.99. The van der Waals surface area contributed by atoms with Crippen LogP contribution in [0.4, 0.5) is 0 Å². The Morgan fingerprint density at radius 1 is 0.967 bits per heavy atom. The molecule has 0 saturated heterocycles. The molecule has 0 aliphatic carbocycles. The van der Waals surface area contributed by atoms with E-state index in [-0.39, 0.29) is 5.56 Å². The first-order chi connectivity index (χ1) is 14.5. The van der Waals surface area contributed by atoms with E-state index in [4.69, 9.17) is 19.2 Å². The lowest BCUT2D eigenvalue weighted by molar-refractivity contribution is 0.354. The molecule has 0 amide bonds. The number of fused-ring (bicyclic) bond motifs is 1. The summed E-state index contributed by atoms with van der Waals surface area (Å²) in [6.07, 6.45) is 0.487. The summed E-state index contributed by atoms with van der Waals surface area (Å²) in [5.74, 6) is 2.74. The number of methoxy groups -OCH3 is 3. The molecule has 2 heterocycles. The monoisotopic (exact) mass is 422 g/mol. The Bertz CT molecular complexity index is 1280. The first-order valence-electron chi connectivity index (χ1n) is 9.40. The van der Waals surface area contributed by atoms with Gasteiger partial charge in [-0.2, -0.15) is 0 Å². The number of hydrogen-bond donors (Lipinski definition) is 1. The molecule has 0 radical (unpaired) electrons. The Labute approximate surface area is 178 Å². The standard InChI is InChI=1S/C23H22N2O4S/c1-13-9-15(6-8-17(13)27-2)16-12-30-23-21(16)22(26)24-20(25-23)11-14-5-7-18(28-3)19(10-14)29-4/h5-10,12H,11H2,1-4H3,(H,24,25,26). The van der Waals surface area contributed by atoms with Crippen LogP contribution in [0.5, 0.6) is 17.2 Å². The molecule has 4 rings (SSSR count). The molecule has 1 N–H and O–H groups in total. The molecule has 0 bridgehead atoms. The van der Waals surface area contributed by atoms with Gasteiger partial charge in [0, 0.05) is 17.4 Å². The Morgan fingerprint density at radius 3 is 2.40 bits per heavy atom. The summed E-state index contributed by atoms with van der Waals surface area (Å²) in [5.41, 5.74) is 3.70. The number of nitrogens with zero attached hydrogens (tertiary/aromatic N) is 1. The van der Waals surface area contributed by atoms with Gasteiger partial charge in [0.1, 0.15) is 16.4 Å². The van der Waals surface area contributed by atoms with E-state index in [1.165, 1.54) is 11.3 Å². The number of H-pyrrole nitrogens is 1. The Hall–Kier alpha value is -3.32. The number of aryl methyl sites for hydroxylation is 1. The van der Waals surface area contributed by atoms with Gasteiger partial charge in [-0.25, -0.2) is 4.98 Å². The summed E-state index contributed by atoms with van der Waals surface area (Å²) in [7, 11) is 4.85. The van der Waals surface area contributed by atoms with Gasteiger partial charge in [0.05, 0.1) is 26.7 Å². The van der Waals surface area contributed by atoms with Gasteiger partial charge in [-0.3, -0.25) is 4.79 Å². The van der Waals surface area contributed by atoms with Crippen LogP contribution < -0.4 is 19.8 Å². The van der Waals surface area contributed by atoms with E-state index in [1.807, 2.05) is 48.7 Å². The highest BCUT2D eigenvalue weighted by Crippen LogP contribution is 2.33. The SMILES string of the molecule is COc1ccc(-c2csc3nc(Cc4ccc(OC)c(OC)c4)[nH]c(=O)c23)cc1C. The van der Waals surface area contributed by atoms with Gasteiger partial charge in [-0.15, -0.1) is 11.3 Å². The first-order valence-corrected chi connectivity index (χ1v) is 10.3. The molecule has 0 saturated carbocycles. The number of aromatic nitrogens is 2. The third kappa shape index (κ3) is 3.64. The number of hydrogen-bond acceptors (Lipinski definition) is 6. The van der Waals surface area contributed by atoms with Gasteiger partial charge in [-0.05, 0) is 47.9 Å². The summed E-state index contributed by atoms with van der Waals surface area (Å²) in [4.78, 5) is 21.3. The van der Waals surface area contributed by atoms with E-state index in [9.17, 15) is 4.79 Å². The molecule has 7 heteroatoms. The lowest BCUT2D eigenvalue weighted by atomic mass is 10.0. The highest BCUT2D eigenvalue weighted by atomic mass is 32.1. The fraction of sp³-hybridized carbons (Fsp3) is 0.217. The first kappa shape index (κ1) is 20.0. The molecule has 0 atom stereocenters. The van der Waals surface area contributed by atoms with Crippen molar-refractivity contribution in [2.75, 3.05) is 21.3 Å². The topological polar surface area (TPSA) is 73.4 Å². The molecule has 6 nitrogen and oxygen atoms in total. The second-order valence-electron chi connectivity index (χ2n) is 6.89. The summed E-state index contributed by atoms with van der Waals surface area (Å²) in [6, 6.07) is 11.6. The van der Waals surface area contributed by atoms with Crippen LogP contribution in [-0.2, 0) is 6.42 Å². The predicted molar refractivity (Wildman–Crippen MR) is 119 cm³/mol. The lowest BCUT2D eigenvalue weighted by Gasteiger charge is -2.09. The second-order valence-corrected chi connectivity index (χ2v) is 7.75. The predicted octanol–water partition coefficient (Wildman–Crippen LogP) is 4.58. The van der Waals surface area contributed by atoms with Crippen LogP contribution in [-0.4, -0.2) is 31.3 Å². The maximum absolute atomic E-state index is 12.9.